The number of carbonyl (C=O) groups excluding carboxylic acids is 1. The largest absolute Gasteiger partial charge is 0.508 e. The van der Waals surface area contributed by atoms with Gasteiger partial charge in [-0.25, -0.2) is 0 Å². The van der Waals surface area contributed by atoms with Crippen LogP contribution in [0.15, 0.2) is 18.2 Å². The number of piperidine rings is 1. The number of likely N-dealkylation sites (tertiary alicyclic amines) is 1. The first-order valence-electron chi connectivity index (χ1n) is 7.21. The van der Waals surface area contributed by atoms with Gasteiger partial charge in [0.1, 0.15) is 5.75 Å². The van der Waals surface area contributed by atoms with Gasteiger partial charge in [-0.05, 0) is 43.9 Å². The molecule has 0 radical (unpaired) electrons. The summed E-state index contributed by atoms with van der Waals surface area (Å²) in [4.78, 5) is 14.1. The Morgan fingerprint density at radius 1 is 1.50 bits per heavy atom. The predicted molar refractivity (Wildman–Crippen MR) is 77.5 cm³/mol. The highest BCUT2D eigenvalue weighted by Gasteiger charge is 2.26. The molecular formula is C16H23NO3. The molecular weight excluding hydrogens is 254 g/mol. The molecule has 2 unspecified atom stereocenters. The van der Waals surface area contributed by atoms with Gasteiger partial charge in [-0.3, -0.25) is 4.79 Å². The molecule has 1 aliphatic rings. The molecule has 0 aromatic heterocycles. The molecule has 2 rings (SSSR count). The smallest absolute Gasteiger partial charge is 0.227 e. The first-order chi connectivity index (χ1) is 9.47. The van der Waals surface area contributed by atoms with Gasteiger partial charge in [0.25, 0.3) is 0 Å². The highest BCUT2D eigenvalue weighted by molar-refractivity contribution is 5.79. The molecule has 110 valence electrons. The summed E-state index contributed by atoms with van der Waals surface area (Å²) in [5.41, 5.74) is 1.64. The summed E-state index contributed by atoms with van der Waals surface area (Å²) >= 11 is 0. The molecule has 1 amide bonds. The molecule has 20 heavy (non-hydrogen) atoms. The summed E-state index contributed by atoms with van der Waals surface area (Å²) in [5.74, 6) is 0.480. The second kappa shape index (κ2) is 6.27. The Balaban J connectivity index is 1.98. The summed E-state index contributed by atoms with van der Waals surface area (Å²) < 4.78 is 0. The van der Waals surface area contributed by atoms with Gasteiger partial charge in [-0.15, -0.1) is 0 Å². The zero-order chi connectivity index (χ0) is 14.7. The third-order valence-corrected chi connectivity index (χ3v) is 4.12. The van der Waals surface area contributed by atoms with E-state index in [1.54, 1.807) is 13.0 Å². The van der Waals surface area contributed by atoms with Crippen LogP contribution in [0.4, 0.5) is 0 Å². The second-order valence-corrected chi connectivity index (χ2v) is 5.78. The van der Waals surface area contributed by atoms with Crippen LogP contribution in [-0.2, 0) is 11.2 Å². The molecule has 2 N–H and O–H groups in total. The minimum Gasteiger partial charge on any atom is -0.508 e. The maximum atomic E-state index is 12.3. The maximum Gasteiger partial charge on any atom is 0.227 e. The molecule has 1 aromatic rings. The van der Waals surface area contributed by atoms with Crippen molar-refractivity contribution in [3.05, 3.63) is 29.3 Å². The number of rotatable bonds is 3. The summed E-state index contributed by atoms with van der Waals surface area (Å²) in [5, 5.41) is 19.3. The van der Waals surface area contributed by atoms with Crippen LogP contribution in [0.2, 0.25) is 0 Å². The fourth-order valence-corrected chi connectivity index (χ4v) is 2.68. The zero-order valence-corrected chi connectivity index (χ0v) is 12.2. The van der Waals surface area contributed by atoms with Gasteiger partial charge in [-0.2, -0.15) is 0 Å². The highest BCUT2D eigenvalue weighted by atomic mass is 16.3. The summed E-state index contributed by atoms with van der Waals surface area (Å²) in [6.45, 7) is 5.02. The van der Waals surface area contributed by atoms with Crippen molar-refractivity contribution in [3.8, 4) is 5.75 Å². The number of nitrogens with zero attached hydrogens (tertiary/aromatic N) is 1. The maximum absolute atomic E-state index is 12.3. The molecule has 4 nitrogen and oxygen atoms in total. The number of hydrogen-bond acceptors (Lipinski definition) is 3. The van der Waals surface area contributed by atoms with Crippen molar-refractivity contribution >= 4 is 5.91 Å². The number of aliphatic hydroxyl groups is 1. The van der Waals surface area contributed by atoms with E-state index in [0.717, 1.165) is 30.5 Å². The van der Waals surface area contributed by atoms with E-state index in [1.165, 1.54) is 0 Å². The molecule has 1 heterocycles. The highest BCUT2D eigenvalue weighted by Crippen LogP contribution is 2.22. The first kappa shape index (κ1) is 14.9. The third kappa shape index (κ3) is 3.51. The molecule has 1 fully saturated rings. The van der Waals surface area contributed by atoms with Gasteiger partial charge in [0.05, 0.1) is 12.5 Å². The van der Waals surface area contributed by atoms with Crippen LogP contribution >= 0.6 is 0 Å². The van der Waals surface area contributed by atoms with Crippen molar-refractivity contribution in [2.24, 2.45) is 5.92 Å². The topological polar surface area (TPSA) is 60.8 Å². The predicted octanol–water partition coefficient (Wildman–Crippen LogP) is 1.86. The fourth-order valence-electron chi connectivity index (χ4n) is 2.68. The Morgan fingerprint density at radius 2 is 2.25 bits per heavy atom. The van der Waals surface area contributed by atoms with E-state index in [2.05, 4.69) is 0 Å². The average Bonchev–Trinajstić information content (AvgIpc) is 2.43. The quantitative estimate of drug-likeness (QED) is 0.886. The molecule has 0 saturated carbocycles. The summed E-state index contributed by atoms with van der Waals surface area (Å²) in [6.07, 6.45) is 1.86. The van der Waals surface area contributed by atoms with E-state index in [9.17, 15) is 15.0 Å². The Bertz CT molecular complexity index is 485. The molecule has 4 heteroatoms. The number of hydrogen-bond donors (Lipinski definition) is 2. The average molecular weight is 277 g/mol. The van der Waals surface area contributed by atoms with Crippen LogP contribution in [0.25, 0.3) is 0 Å². The molecule has 0 bridgehead atoms. The van der Waals surface area contributed by atoms with Crippen LogP contribution in [0.5, 0.6) is 5.75 Å². The lowest BCUT2D eigenvalue weighted by Crippen LogP contribution is -2.43. The van der Waals surface area contributed by atoms with E-state index in [4.69, 9.17) is 0 Å². The van der Waals surface area contributed by atoms with E-state index < -0.39 is 0 Å². The van der Waals surface area contributed by atoms with Crippen LogP contribution in [0, 0.1) is 12.8 Å². The van der Waals surface area contributed by atoms with E-state index in [1.807, 2.05) is 24.0 Å². The fraction of sp³-hybridized carbons (Fsp3) is 0.562. The van der Waals surface area contributed by atoms with Crippen molar-refractivity contribution in [3.63, 3.8) is 0 Å². The number of phenolic OH excluding ortho intramolecular Hbond substituents is 1. The van der Waals surface area contributed by atoms with Crippen molar-refractivity contribution in [1.29, 1.82) is 0 Å². The lowest BCUT2D eigenvalue weighted by atomic mass is 9.93. The minimum atomic E-state index is -0.367. The Hall–Kier alpha value is -1.55. The van der Waals surface area contributed by atoms with Gasteiger partial charge < -0.3 is 15.1 Å². The van der Waals surface area contributed by atoms with Gasteiger partial charge in [0.2, 0.25) is 5.91 Å². The second-order valence-electron chi connectivity index (χ2n) is 5.78. The number of phenols is 1. The Kier molecular flexibility index (Phi) is 4.65. The number of amides is 1. The van der Waals surface area contributed by atoms with Crippen molar-refractivity contribution < 1.29 is 15.0 Å². The van der Waals surface area contributed by atoms with Crippen molar-refractivity contribution in [2.45, 2.75) is 39.2 Å². The SMILES string of the molecule is Cc1ccc(CC(=O)N2CCCC(C(C)O)C2)cc1O. The van der Waals surface area contributed by atoms with Crippen molar-refractivity contribution in [2.75, 3.05) is 13.1 Å². The Morgan fingerprint density at radius 3 is 2.90 bits per heavy atom. The molecule has 1 aliphatic heterocycles. The lowest BCUT2D eigenvalue weighted by molar-refractivity contribution is -0.133. The minimum absolute atomic E-state index is 0.0682. The summed E-state index contributed by atoms with van der Waals surface area (Å²) in [6, 6.07) is 5.36. The van der Waals surface area contributed by atoms with E-state index in [-0.39, 0.29) is 23.7 Å². The van der Waals surface area contributed by atoms with Crippen LogP contribution < -0.4 is 0 Å². The lowest BCUT2D eigenvalue weighted by Gasteiger charge is -2.34. The number of aromatic hydroxyl groups is 1. The monoisotopic (exact) mass is 277 g/mol. The van der Waals surface area contributed by atoms with E-state index >= 15 is 0 Å². The van der Waals surface area contributed by atoms with Gasteiger partial charge in [0.15, 0.2) is 0 Å². The van der Waals surface area contributed by atoms with Gasteiger partial charge in [0, 0.05) is 19.0 Å². The first-order valence-corrected chi connectivity index (χ1v) is 7.21. The molecule has 0 spiro atoms. The number of aryl methyl sites for hydroxylation is 1. The number of carbonyl (C=O) groups is 1. The van der Waals surface area contributed by atoms with E-state index in [0.29, 0.717) is 13.0 Å². The van der Waals surface area contributed by atoms with Gasteiger partial charge in [-0.1, -0.05) is 12.1 Å². The number of aliphatic hydroxyl groups excluding tert-OH is 1. The molecule has 1 aromatic carbocycles. The summed E-state index contributed by atoms with van der Waals surface area (Å²) in [7, 11) is 0. The molecule has 0 aliphatic carbocycles. The Labute approximate surface area is 120 Å². The van der Waals surface area contributed by atoms with Gasteiger partial charge >= 0.3 is 0 Å². The van der Waals surface area contributed by atoms with Crippen molar-refractivity contribution in [1.82, 2.24) is 4.90 Å². The zero-order valence-electron chi connectivity index (χ0n) is 12.2. The normalized spacial score (nSPS) is 20.8. The van der Waals surface area contributed by atoms with Crippen LogP contribution in [-0.4, -0.2) is 40.2 Å². The molecule has 2 atom stereocenters. The number of benzene rings is 1. The standard InChI is InChI=1S/C16H23NO3/c1-11-5-6-13(8-15(11)19)9-16(20)17-7-3-4-14(10-17)12(2)18/h5-6,8,12,14,18-19H,3-4,7,9-10H2,1-2H3. The molecule has 1 saturated heterocycles. The van der Waals surface area contributed by atoms with Crippen LogP contribution in [0.3, 0.4) is 0 Å². The third-order valence-electron chi connectivity index (χ3n) is 4.12. The van der Waals surface area contributed by atoms with Crippen LogP contribution in [0.1, 0.15) is 30.9 Å².